The van der Waals surface area contributed by atoms with Crippen molar-refractivity contribution in [3.8, 4) is 0 Å². The largest absolute Gasteiger partial charge is 0.468 e. The molecule has 0 spiro atoms. The summed E-state index contributed by atoms with van der Waals surface area (Å²) >= 11 is 4.05. The number of rotatable bonds is 46. The van der Waals surface area contributed by atoms with E-state index < -0.39 is 0 Å². The van der Waals surface area contributed by atoms with Gasteiger partial charge in [-0.3, -0.25) is 24.6 Å². The molecule has 0 radical (unpaired) electrons. The Kier molecular flexibility index (Phi) is 50.2. The standard InChI is InChI=1S/C34H63N3O6.C17H35NOS2/c1-3-5-7-9-13-20-30(21-14-10-8-6-4-2)28-34(40)42-27-18-12-16-23-31(22-15-11-17-26-41-29-38)43-33(39)25-19-24-32(35)37-36;1-5-8-10-12-20-15-16(21-13-11-9-6-2)14-17(19)18(4)7-3/h29-31,35-36H,3-28H2,1-2H3;16H,5-15H2,1-4H3. The molecule has 1 amide bonds. The zero-order chi connectivity index (χ0) is 47.7. The quantitative estimate of drug-likeness (QED) is 0.0115. The summed E-state index contributed by atoms with van der Waals surface area (Å²) in [5, 5.41) is 11.0. The fourth-order valence-electron chi connectivity index (χ4n) is 7.26. The van der Waals surface area contributed by atoms with Gasteiger partial charge in [0.1, 0.15) is 11.9 Å². The first kappa shape index (κ1) is 63.9. The van der Waals surface area contributed by atoms with E-state index in [1.807, 2.05) is 42.4 Å². The topological polar surface area (TPSA) is 159 Å². The Labute approximate surface area is 401 Å². The Morgan fingerprint density at radius 2 is 1.16 bits per heavy atom. The van der Waals surface area contributed by atoms with Crippen molar-refractivity contribution in [1.29, 1.82) is 10.9 Å². The maximum Gasteiger partial charge on any atom is 0.306 e. The summed E-state index contributed by atoms with van der Waals surface area (Å²) in [5.41, 5.74) is 6.84. The molecule has 64 heavy (non-hydrogen) atoms. The van der Waals surface area contributed by atoms with Crippen LogP contribution in [-0.2, 0) is 33.4 Å². The Hall–Kier alpha value is -2.15. The van der Waals surface area contributed by atoms with Gasteiger partial charge in [-0.05, 0) is 108 Å². The molecule has 13 heteroatoms. The predicted octanol–water partition coefficient (Wildman–Crippen LogP) is 14.7. The molecule has 2 atom stereocenters. The molecule has 0 aromatic rings. The molecule has 0 aliphatic heterocycles. The number of amides is 1. The van der Waals surface area contributed by atoms with E-state index in [1.165, 1.54) is 114 Å². The zero-order valence-electron chi connectivity index (χ0n) is 42.0. The van der Waals surface area contributed by atoms with Crippen molar-refractivity contribution < 1.29 is 33.4 Å². The van der Waals surface area contributed by atoms with Gasteiger partial charge in [0.05, 0.1) is 13.2 Å². The number of esters is 2. The van der Waals surface area contributed by atoms with E-state index >= 15 is 0 Å². The van der Waals surface area contributed by atoms with Crippen LogP contribution in [0.2, 0.25) is 0 Å². The summed E-state index contributed by atoms with van der Waals surface area (Å²) in [4.78, 5) is 49.2. The molecule has 2 N–H and O–H groups in total. The van der Waals surface area contributed by atoms with Crippen LogP contribution in [0, 0.1) is 16.9 Å². The average molecular weight is 943 g/mol. The van der Waals surface area contributed by atoms with Gasteiger partial charge in [0.2, 0.25) is 5.91 Å². The third-order valence-corrected chi connectivity index (χ3v) is 14.3. The maximum absolute atomic E-state index is 12.6. The summed E-state index contributed by atoms with van der Waals surface area (Å²) in [6, 6.07) is 0. The summed E-state index contributed by atoms with van der Waals surface area (Å²) < 4.78 is 16.1. The maximum atomic E-state index is 12.6. The van der Waals surface area contributed by atoms with Crippen molar-refractivity contribution >= 4 is 53.7 Å². The highest BCUT2D eigenvalue weighted by atomic mass is 32.2. The van der Waals surface area contributed by atoms with Crippen molar-refractivity contribution in [2.24, 2.45) is 11.0 Å². The van der Waals surface area contributed by atoms with Gasteiger partial charge in [-0.25, -0.2) is 5.53 Å². The molecule has 0 fully saturated rings. The lowest BCUT2D eigenvalue weighted by atomic mass is 9.91. The molecule has 0 saturated carbocycles. The number of thioether (sulfide) groups is 2. The van der Waals surface area contributed by atoms with Gasteiger partial charge in [-0.2, -0.15) is 23.5 Å². The van der Waals surface area contributed by atoms with E-state index in [-0.39, 0.29) is 36.7 Å². The van der Waals surface area contributed by atoms with Gasteiger partial charge < -0.3 is 19.1 Å². The van der Waals surface area contributed by atoms with Crippen molar-refractivity contribution in [3.05, 3.63) is 0 Å². The molecular weight excluding hydrogens is 845 g/mol. The Bertz CT molecular complexity index is 1100. The lowest BCUT2D eigenvalue weighted by Gasteiger charge is -2.20. The van der Waals surface area contributed by atoms with Gasteiger partial charge in [0.25, 0.3) is 6.47 Å². The number of hydrogen-bond donors (Lipinski definition) is 2. The van der Waals surface area contributed by atoms with Crippen molar-refractivity contribution in [3.63, 3.8) is 0 Å². The van der Waals surface area contributed by atoms with Crippen LogP contribution in [0.15, 0.2) is 5.11 Å². The summed E-state index contributed by atoms with van der Waals surface area (Å²) in [7, 11) is 1.91. The molecule has 0 aromatic carbocycles. The Balaban J connectivity index is 0. The average Bonchev–Trinajstić information content (AvgIpc) is 3.29. The predicted molar refractivity (Wildman–Crippen MR) is 272 cm³/mol. The minimum Gasteiger partial charge on any atom is -0.468 e. The van der Waals surface area contributed by atoms with Crippen molar-refractivity contribution in [2.75, 3.05) is 44.1 Å². The molecule has 2 unspecified atom stereocenters. The van der Waals surface area contributed by atoms with Crippen LogP contribution in [-0.4, -0.2) is 90.5 Å². The second-order valence-electron chi connectivity index (χ2n) is 17.5. The SMILES string of the molecule is CCCCCCCC(CCCCCCC)CC(=O)OCCCCCC(CCCCCOC=O)OC(=O)CCCC(=N)N=N.CCCCCSCC(CC(=O)N(C)CC)SCCCCC. The molecule has 0 saturated heterocycles. The second kappa shape index (κ2) is 50.3. The third kappa shape index (κ3) is 45.0. The van der Waals surface area contributed by atoms with Gasteiger partial charge in [0, 0.05) is 50.3 Å². The van der Waals surface area contributed by atoms with E-state index in [1.54, 1.807) is 0 Å². The number of carbonyl (C=O) groups excluding carboxylic acids is 4. The van der Waals surface area contributed by atoms with E-state index in [0.29, 0.717) is 56.0 Å². The molecule has 0 bridgehead atoms. The highest BCUT2D eigenvalue weighted by Gasteiger charge is 2.18. The lowest BCUT2D eigenvalue weighted by molar-refractivity contribution is -0.150. The van der Waals surface area contributed by atoms with Crippen LogP contribution in [0.1, 0.15) is 234 Å². The Morgan fingerprint density at radius 3 is 1.72 bits per heavy atom. The van der Waals surface area contributed by atoms with E-state index in [2.05, 4.69) is 32.8 Å². The number of unbranched alkanes of at least 4 members (excludes halogenated alkanes) is 16. The number of carbonyl (C=O) groups is 4. The molecular formula is C51H98N4O7S2. The Morgan fingerprint density at radius 1 is 0.625 bits per heavy atom. The fraction of sp³-hybridized carbons (Fsp3) is 0.902. The van der Waals surface area contributed by atoms with E-state index in [9.17, 15) is 19.2 Å². The summed E-state index contributed by atoms with van der Waals surface area (Å²) in [6.45, 7) is 13.1. The van der Waals surface area contributed by atoms with Crippen LogP contribution in [0.25, 0.3) is 0 Å². The van der Waals surface area contributed by atoms with Crippen LogP contribution >= 0.6 is 23.5 Å². The first-order valence-corrected chi connectivity index (χ1v) is 28.1. The molecule has 11 nitrogen and oxygen atoms in total. The molecule has 0 rings (SSSR count). The minimum atomic E-state index is -0.286. The molecule has 0 aromatic heterocycles. The number of ether oxygens (including phenoxy) is 3. The number of nitrogens with zero attached hydrogens (tertiary/aromatic N) is 2. The zero-order valence-corrected chi connectivity index (χ0v) is 43.7. The van der Waals surface area contributed by atoms with Gasteiger partial charge >= 0.3 is 11.9 Å². The first-order valence-electron chi connectivity index (χ1n) is 25.9. The van der Waals surface area contributed by atoms with Crippen LogP contribution in [0.5, 0.6) is 0 Å². The number of hydrogen-bond acceptors (Lipinski definition) is 11. The van der Waals surface area contributed by atoms with E-state index in [0.717, 1.165) is 76.5 Å². The van der Waals surface area contributed by atoms with Gasteiger partial charge in [0.15, 0.2) is 0 Å². The third-order valence-electron chi connectivity index (χ3n) is 11.5. The summed E-state index contributed by atoms with van der Waals surface area (Å²) in [5.74, 6) is 3.93. The highest BCUT2D eigenvalue weighted by molar-refractivity contribution is 8.03. The number of nitrogens with one attached hydrogen (secondary N) is 2. The monoisotopic (exact) mass is 943 g/mol. The van der Waals surface area contributed by atoms with Crippen molar-refractivity contribution in [1.82, 2.24) is 4.90 Å². The molecule has 0 aliphatic rings. The minimum absolute atomic E-state index is 0.0390. The molecule has 0 heterocycles. The van der Waals surface area contributed by atoms with Crippen LogP contribution < -0.4 is 0 Å². The van der Waals surface area contributed by atoms with Gasteiger partial charge in [-0.15, -0.1) is 5.11 Å². The van der Waals surface area contributed by atoms with Crippen LogP contribution in [0.4, 0.5) is 0 Å². The first-order chi connectivity index (χ1) is 31.1. The summed E-state index contributed by atoms with van der Waals surface area (Å²) in [6.07, 6.45) is 31.2. The van der Waals surface area contributed by atoms with Crippen LogP contribution in [0.3, 0.4) is 0 Å². The lowest BCUT2D eigenvalue weighted by Crippen LogP contribution is -2.29. The second-order valence-corrected chi connectivity index (χ2v) is 20.0. The number of amidine groups is 1. The van der Waals surface area contributed by atoms with Gasteiger partial charge in [-0.1, -0.05) is 118 Å². The molecule has 0 aliphatic carbocycles. The smallest absolute Gasteiger partial charge is 0.306 e. The van der Waals surface area contributed by atoms with Crippen molar-refractivity contribution in [2.45, 2.75) is 245 Å². The normalized spacial score (nSPS) is 11.9. The highest BCUT2D eigenvalue weighted by Crippen LogP contribution is 2.25. The molecule has 376 valence electrons. The van der Waals surface area contributed by atoms with E-state index in [4.69, 9.17) is 25.2 Å². The fourth-order valence-corrected chi connectivity index (χ4v) is 9.86.